The summed E-state index contributed by atoms with van der Waals surface area (Å²) in [5, 5.41) is 10.2. The Kier molecular flexibility index (Phi) is 6.88. The number of aromatic nitrogens is 2. The van der Waals surface area contributed by atoms with Crippen molar-refractivity contribution in [3.8, 4) is 40.3 Å². The van der Waals surface area contributed by atoms with Crippen LogP contribution in [0.2, 0.25) is 0 Å². The van der Waals surface area contributed by atoms with Crippen molar-refractivity contribution in [1.29, 1.82) is 0 Å². The van der Waals surface area contributed by atoms with Crippen molar-refractivity contribution in [2.75, 3.05) is 13.4 Å². The predicted octanol–water partition coefficient (Wildman–Crippen LogP) is 4.94. The zero-order valence-corrected chi connectivity index (χ0v) is 20.2. The topological polar surface area (TPSA) is 108 Å². The number of aromatic hydroxyl groups is 1. The summed E-state index contributed by atoms with van der Waals surface area (Å²) in [6.07, 6.45) is 2.79. The number of aryl methyl sites for hydroxylation is 1. The van der Waals surface area contributed by atoms with E-state index in [1.165, 1.54) is 24.3 Å². The van der Waals surface area contributed by atoms with E-state index in [9.17, 15) is 13.5 Å². The van der Waals surface area contributed by atoms with Crippen molar-refractivity contribution in [3.05, 3.63) is 84.1 Å². The SMILES string of the molecule is COc1ccc(COc2nc(-c3cc(O)cc(Oc4ccc(S(C)(=O)=O)cc4)c3)ncc2C)cc1. The molecule has 0 saturated heterocycles. The van der Waals surface area contributed by atoms with Gasteiger partial charge in [0.25, 0.3) is 0 Å². The zero-order chi connectivity index (χ0) is 25.0. The number of benzene rings is 3. The van der Waals surface area contributed by atoms with Gasteiger partial charge in [-0.1, -0.05) is 12.1 Å². The van der Waals surface area contributed by atoms with Crippen LogP contribution in [0.5, 0.6) is 28.9 Å². The molecule has 0 unspecified atom stereocenters. The number of nitrogens with zero attached hydrogens (tertiary/aromatic N) is 2. The van der Waals surface area contributed by atoms with E-state index in [0.717, 1.165) is 23.1 Å². The standard InChI is InChI=1S/C26H24N2O6S/c1-17-15-27-25(28-26(17)33-16-18-4-6-21(32-2)7-5-18)19-12-20(29)14-23(13-19)34-22-8-10-24(11-9-22)35(3,30)31/h4-15,29H,16H2,1-3H3. The summed E-state index contributed by atoms with van der Waals surface area (Å²) in [5.74, 6) is 2.28. The lowest BCUT2D eigenvalue weighted by atomic mass is 10.2. The third kappa shape index (κ3) is 6.07. The van der Waals surface area contributed by atoms with Crippen LogP contribution < -0.4 is 14.2 Å². The maximum atomic E-state index is 11.7. The molecular formula is C26H24N2O6S. The number of hydrogen-bond donors (Lipinski definition) is 1. The fraction of sp³-hybridized carbons (Fsp3) is 0.154. The lowest BCUT2D eigenvalue weighted by molar-refractivity contribution is 0.291. The van der Waals surface area contributed by atoms with Crippen molar-refractivity contribution in [2.24, 2.45) is 0 Å². The molecule has 0 spiro atoms. The average Bonchev–Trinajstić information content (AvgIpc) is 2.83. The van der Waals surface area contributed by atoms with Crippen LogP contribution in [0, 0.1) is 6.92 Å². The number of rotatable bonds is 8. The van der Waals surface area contributed by atoms with E-state index in [4.69, 9.17) is 14.2 Å². The maximum absolute atomic E-state index is 11.7. The van der Waals surface area contributed by atoms with E-state index < -0.39 is 9.84 Å². The highest BCUT2D eigenvalue weighted by Crippen LogP contribution is 2.32. The number of hydrogen-bond acceptors (Lipinski definition) is 8. The van der Waals surface area contributed by atoms with Gasteiger partial charge in [0.2, 0.25) is 5.88 Å². The summed E-state index contributed by atoms with van der Waals surface area (Å²) in [6.45, 7) is 2.17. The molecule has 35 heavy (non-hydrogen) atoms. The monoisotopic (exact) mass is 492 g/mol. The molecule has 1 N–H and O–H groups in total. The molecule has 0 aliphatic heterocycles. The van der Waals surface area contributed by atoms with Crippen LogP contribution in [-0.2, 0) is 16.4 Å². The van der Waals surface area contributed by atoms with Crippen LogP contribution in [0.4, 0.5) is 0 Å². The number of phenols is 1. The molecule has 3 aromatic carbocycles. The molecule has 1 aromatic heterocycles. The molecule has 0 atom stereocenters. The largest absolute Gasteiger partial charge is 0.508 e. The van der Waals surface area contributed by atoms with Crippen molar-refractivity contribution in [3.63, 3.8) is 0 Å². The Labute approximate surface area is 203 Å². The average molecular weight is 493 g/mol. The third-order valence-electron chi connectivity index (χ3n) is 5.10. The molecule has 9 heteroatoms. The van der Waals surface area contributed by atoms with Crippen LogP contribution in [0.25, 0.3) is 11.4 Å². The first-order valence-electron chi connectivity index (χ1n) is 10.6. The molecule has 0 fully saturated rings. The minimum atomic E-state index is -3.30. The molecule has 1 heterocycles. The highest BCUT2D eigenvalue weighted by molar-refractivity contribution is 7.90. The minimum Gasteiger partial charge on any atom is -0.508 e. The van der Waals surface area contributed by atoms with Gasteiger partial charge < -0.3 is 19.3 Å². The van der Waals surface area contributed by atoms with Crippen molar-refractivity contribution < 1.29 is 27.7 Å². The number of methoxy groups -OCH3 is 1. The molecule has 0 aliphatic rings. The fourth-order valence-corrected chi connectivity index (χ4v) is 3.88. The van der Waals surface area contributed by atoms with Gasteiger partial charge in [-0.15, -0.1) is 0 Å². The third-order valence-corrected chi connectivity index (χ3v) is 6.23. The van der Waals surface area contributed by atoms with Gasteiger partial charge >= 0.3 is 0 Å². The summed E-state index contributed by atoms with van der Waals surface area (Å²) in [7, 11) is -1.69. The normalized spacial score (nSPS) is 11.2. The van der Waals surface area contributed by atoms with Gasteiger partial charge in [-0.2, -0.15) is 4.98 Å². The molecule has 180 valence electrons. The van der Waals surface area contributed by atoms with Crippen LogP contribution in [0.15, 0.2) is 77.8 Å². The summed E-state index contributed by atoms with van der Waals surface area (Å²) in [6, 6.07) is 18.2. The van der Waals surface area contributed by atoms with Crippen LogP contribution >= 0.6 is 0 Å². The van der Waals surface area contributed by atoms with E-state index in [1.807, 2.05) is 31.2 Å². The molecular weight excluding hydrogens is 468 g/mol. The number of phenolic OH excluding ortho intramolecular Hbond substituents is 1. The Morgan fingerprint density at radius 1 is 0.914 bits per heavy atom. The van der Waals surface area contributed by atoms with Crippen LogP contribution in [0.3, 0.4) is 0 Å². The van der Waals surface area contributed by atoms with Crippen molar-refractivity contribution in [1.82, 2.24) is 9.97 Å². The lowest BCUT2D eigenvalue weighted by Gasteiger charge is -2.12. The van der Waals surface area contributed by atoms with Crippen LogP contribution in [-0.4, -0.2) is 36.9 Å². The van der Waals surface area contributed by atoms with Gasteiger partial charge in [-0.05, 0) is 61.0 Å². The van der Waals surface area contributed by atoms with Gasteiger partial charge in [0.15, 0.2) is 15.7 Å². The molecule has 0 radical (unpaired) electrons. The molecule has 8 nitrogen and oxygen atoms in total. The van der Waals surface area contributed by atoms with Gasteiger partial charge in [-0.25, -0.2) is 13.4 Å². The summed E-state index contributed by atoms with van der Waals surface area (Å²) in [4.78, 5) is 9.09. The highest BCUT2D eigenvalue weighted by Gasteiger charge is 2.12. The van der Waals surface area contributed by atoms with Crippen LogP contribution in [0.1, 0.15) is 11.1 Å². The van der Waals surface area contributed by atoms with E-state index in [2.05, 4.69) is 9.97 Å². The van der Waals surface area contributed by atoms with Gasteiger partial charge in [0.05, 0.1) is 12.0 Å². The smallest absolute Gasteiger partial charge is 0.220 e. The van der Waals surface area contributed by atoms with Gasteiger partial charge in [-0.3, -0.25) is 0 Å². The Bertz CT molecular complexity index is 1440. The summed E-state index contributed by atoms with van der Waals surface area (Å²) < 4.78 is 40.2. The Morgan fingerprint density at radius 3 is 2.26 bits per heavy atom. The van der Waals surface area contributed by atoms with Crippen molar-refractivity contribution in [2.45, 2.75) is 18.4 Å². The first-order valence-corrected chi connectivity index (χ1v) is 12.5. The maximum Gasteiger partial charge on any atom is 0.220 e. The number of sulfone groups is 1. The lowest BCUT2D eigenvalue weighted by Crippen LogP contribution is -2.01. The Morgan fingerprint density at radius 2 is 1.60 bits per heavy atom. The first-order chi connectivity index (χ1) is 16.7. The second-order valence-electron chi connectivity index (χ2n) is 7.88. The second kappa shape index (κ2) is 10.0. The quantitative estimate of drug-likeness (QED) is 0.368. The van der Waals surface area contributed by atoms with Gasteiger partial charge in [0.1, 0.15) is 29.6 Å². The molecule has 0 aliphatic carbocycles. The van der Waals surface area contributed by atoms with E-state index in [1.54, 1.807) is 31.5 Å². The second-order valence-corrected chi connectivity index (χ2v) is 9.90. The molecule has 0 bridgehead atoms. The fourth-order valence-electron chi connectivity index (χ4n) is 3.25. The molecule has 0 amide bonds. The molecule has 4 rings (SSSR count). The summed E-state index contributed by atoms with van der Waals surface area (Å²) in [5.41, 5.74) is 2.26. The zero-order valence-electron chi connectivity index (χ0n) is 19.4. The van der Waals surface area contributed by atoms with E-state index in [-0.39, 0.29) is 10.6 Å². The highest BCUT2D eigenvalue weighted by atomic mass is 32.2. The van der Waals surface area contributed by atoms with E-state index in [0.29, 0.717) is 35.4 Å². The molecule has 4 aromatic rings. The first kappa shape index (κ1) is 24.0. The Hall–Kier alpha value is -4.11. The summed E-state index contributed by atoms with van der Waals surface area (Å²) >= 11 is 0. The Balaban J connectivity index is 1.54. The number of ether oxygens (including phenoxy) is 3. The van der Waals surface area contributed by atoms with Crippen molar-refractivity contribution >= 4 is 9.84 Å². The van der Waals surface area contributed by atoms with E-state index >= 15 is 0 Å². The van der Waals surface area contributed by atoms with Gasteiger partial charge in [0, 0.05) is 29.6 Å². The minimum absolute atomic E-state index is 0.0323. The predicted molar refractivity (Wildman–Crippen MR) is 131 cm³/mol. The molecule has 0 saturated carbocycles.